The molecular weight excluding hydrogens is 336 g/mol. The maximum Gasteiger partial charge on any atom is -0.0386 e. The van der Waals surface area contributed by atoms with E-state index < -0.39 is 0 Å². The third-order valence-electron chi connectivity index (χ3n) is 6.27. The Bertz CT molecular complexity index is 218. The van der Waals surface area contributed by atoms with Gasteiger partial charge in [-0.1, -0.05) is 174 Å². The zero-order valence-electron chi connectivity index (χ0n) is 20.3. The van der Waals surface area contributed by atoms with E-state index >= 15 is 0 Å². The Morgan fingerprint density at radius 2 is 0.500 bits per heavy atom. The summed E-state index contributed by atoms with van der Waals surface area (Å²) in [5, 5.41) is 0. The topological polar surface area (TPSA) is 0 Å². The van der Waals surface area contributed by atoms with Crippen molar-refractivity contribution in [3.63, 3.8) is 0 Å². The van der Waals surface area contributed by atoms with Gasteiger partial charge in [-0.25, -0.2) is 0 Å². The molecule has 0 aliphatic heterocycles. The van der Waals surface area contributed by atoms with Crippen LogP contribution in [-0.4, -0.2) is 0 Å². The fraction of sp³-hybridized carbons (Fsp3) is 0.964. The van der Waals surface area contributed by atoms with Gasteiger partial charge in [-0.05, 0) is 6.42 Å². The monoisotopic (exact) mass is 393 g/mol. The van der Waals surface area contributed by atoms with E-state index in [4.69, 9.17) is 0 Å². The van der Waals surface area contributed by atoms with E-state index in [1.165, 1.54) is 161 Å². The number of rotatable bonds is 25. The summed E-state index contributed by atoms with van der Waals surface area (Å²) in [6.45, 7) is 4.60. The highest BCUT2D eigenvalue weighted by Gasteiger charge is 1.96. The average Bonchev–Trinajstić information content (AvgIpc) is 2.71. The standard InChI is InChI=1S/C28H57/c1-3-5-7-9-11-13-15-17-19-21-23-25-27-28-26-24-22-20-18-16-14-12-10-8-6-4-2/h17H,3-16,18-28H2,1-2H3. The molecule has 0 aliphatic carbocycles. The maximum atomic E-state index is 2.56. The predicted molar refractivity (Wildman–Crippen MR) is 131 cm³/mol. The van der Waals surface area contributed by atoms with Crippen LogP contribution < -0.4 is 0 Å². The van der Waals surface area contributed by atoms with Crippen molar-refractivity contribution in [2.75, 3.05) is 0 Å². The van der Waals surface area contributed by atoms with Crippen LogP contribution in [0.15, 0.2) is 0 Å². The first-order valence-electron chi connectivity index (χ1n) is 13.7. The molecule has 0 aromatic heterocycles. The summed E-state index contributed by atoms with van der Waals surface area (Å²) in [5.74, 6) is 0. The SMILES string of the molecule is CCCCCCCC[CH]CCCCCCCCCCCCCCCCCCC. The van der Waals surface area contributed by atoms with Crippen molar-refractivity contribution >= 4 is 0 Å². The van der Waals surface area contributed by atoms with Gasteiger partial charge in [0.25, 0.3) is 0 Å². The van der Waals surface area contributed by atoms with Gasteiger partial charge in [0, 0.05) is 0 Å². The largest absolute Gasteiger partial charge is 0.0654 e. The fourth-order valence-corrected chi connectivity index (χ4v) is 4.23. The highest BCUT2D eigenvalue weighted by atomic mass is 14.0. The summed E-state index contributed by atoms with van der Waals surface area (Å²) < 4.78 is 0. The van der Waals surface area contributed by atoms with Gasteiger partial charge in [0.05, 0.1) is 0 Å². The Labute approximate surface area is 181 Å². The zero-order chi connectivity index (χ0) is 20.4. The normalized spacial score (nSPS) is 11.4. The summed E-state index contributed by atoms with van der Waals surface area (Å²) in [6, 6.07) is 0. The average molecular weight is 394 g/mol. The van der Waals surface area contributed by atoms with Crippen LogP contribution >= 0.6 is 0 Å². The molecule has 0 heterocycles. The smallest absolute Gasteiger partial charge is 0.0386 e. The minimum absolute atomic E-state index is 1.37. The Balaban J connectivity index is 2.96. The first kappa shape index (κ1) is 28.0. The lowest BCUT2D eigenvalue weighted by molar-refractivity contribution is 0.526. The highest BCUT2D eigenvalue weighted by Crippen LogP contribution is 2.15. The van der Waals surface area contributed by atoms with Gasteiger partial charge in [0.1, 0.15) is 0 Å². The molecule has 0 heteroatoms. The van der Waals surface area contributed by atoms with Gasteiger partial charge in [0.15, 0.2) is 0 Å². The number of unbranched alkanes of at least 4 members (excludes halogenated alkanes) is 25. The Hall–Kier alpha value is 0. The summed E-state index contributed by atoms with van der Waals surface area (Å²) in [5.41, 5.74) is 0. The van der Waals surface area contributed by atoms with E-state index in [0.717, 1.165) is 0 Å². The molecule has 169 valence electrons. The van der Waals surface area contributed by atoms with Crippen molar-refractivity contribution in [1.29, 1.82) is 0 Å². The fourth-order valence-electron chi connectivity index (χ4n) is 4.23. The van der Waals surface area contributed by atoms with Gasteiger partial charge in [0.2, 0.25) is 0 Å². The summed E-state index contributed by atoms with van der Waals surface area (Å²) >= 11 is 0. The maximum absolute atomic E-state index is 2.56. The van der Waals surface area contributed by atoms with E-state index in [9.17, 15) is 0 Å². The van der Waals surface area contributed by atoms with Crippen molar-refractivity contribution in [2.45, 2.75) is 174 Å². The highest BCUT2D eigenvalue weighted by molar-refractivity contribution is 4.64. The van der Waals surface area contributed by atoms with Crippen LogP contribution in [-0.2, 0) is 0 Å². The van der Waals surface area contributed by atoms with E-state index in [-0.39, 0.29) is 0 Å². The van der Waals surface area contributed by atoms with Gasteiger partial charge in [-0.2, -0.15) is 0 Å². The molecular formula is C28H57. The Morgan fingerprint density at radius 1 is 0.286 bits per heavy atom. The molecule has 0 rings (SSSR count). The number of hydrogen-bond acceptors (Lipinski definition) is 0. The zero-order valence-corrected chi connectivity index (χ0v) is 20.3. The van der Waals surface area contributed by atoms with E-state index in [0.29, 0.717) is 0 Å². The summed E-state index contributed by atoms with van der Waals surface area (Å²) in [4.78, 5) is 0. The van der Waals surface area contributed by atoms with E-state index in [2.05, 4.69) is 20.3 Å². The van der Waals surface area contributed by atoms with Crippen molar-refractivity contribution < 1.29 is 0 Å². The third-order valence-corrected chi connectivity index (χ3v) is 6.27. The lowest BCUT2D eigenvalue weighted by Crippen LogP contribution is -1.85. The minimum atomic E-state index is 1.37. The van der Waals surface area contributed by atoms with Crippen LogP contribution in [0.5, 0.6) is 0 Å². The molecule has 0 nitrogen and oxygen atoms in total. The summed E-state index contributed by atoms with van der Waals surface area (Å²) in [7, 11) is 0. The second-order valence-electron chi connectivity index (χ2n) is 9.29. The van der Waals surface area contributed by atoms with Crippen LogP contribution in [0.25, 0.3) is 0 Å². The molecule has 0 unspecified atom stereocenters. The van der Waals surface area contributed by atoms with Crippen molar-refractivity contribution in [2.24, 2.45) is 0 Å². The molecule has 0 amide bonds. The molecule has 0 saturated heterocycles. The number of hydrogen-bond donors (Lipinski definition) is 0. The van der Waals surface area contributed by atoms with Gasteiger partial charge in [-0.3, -0.25) is 0 Å². The lowest BCUT2D eigenvalue weighted by atomic mass is 10.0. The van der Waals surface area contributed by atoms with Crippen LogP contribution in [0.2, 0.25) is 0 Å². The minimum Gasteiger partial charge on any atom is -0.0654 e. The van der Waals surface area contributed by atoms with Crippen LogP contribution in [0.1, 0.15) is 174 Å². The lowest BCUT2D eigenvalue weighted by Gasteiger charge is -2.04. The first-order chi connectivity index (χ1) is 13.9. The molecule has 0 aromatic carbocycles. The quantitative estimate of drug-likeness (QED) is 0.135. The molecule has 0 aromatic rings. The predicted octanol–water partition coefficient (Wildman–Crippen LogP) is 11.0. The molecule has 0 aliphatic rings. The molecule has 0 atom stereocenters. The third kappa shape index (κ3) is 26.0. The molecule has 0 saturated carbocycles. The second-order valence-corrected chi connectivity index (χ2v) is 9.29. The molecule has 0 spiro atoms. The van der Waals surface area contributed by atoms with E-state index in [1.807, 2.05) is 0 Å². The molecule has 0 fully saturated rings. The van der Waals surface area contributed by atoms with Crippen molar-refractivity contribution in [1.82, 2.24) is 0 Å². The molecule has 0 bridgehead atoms. The van der Waals surface area contributed by atoms with Gasteiger partial charge >= 0.3 is 0 Å². The summed E-state index contributed by atoms with van der Waals surface area (Å²) in [6.07, 6.45) is 38.9. The van der Waals surface area contributed by atoms with Crippen molar-refractivity contribution in [3.8, 4) is 0 Å². The van der Waals surface area contributed by atoms with Gasteiger partial charge < -0.3 is 0 Å². The molecule has 1 radical (unpaired) electrons. The molecule has 28 heavy (non-hydrogen) atoms. The van der Waals surface area contributed by atoms with Gasteiger partial charge in [-0.15, -0.1) is 0 Å². The Morgan fingerprint density at radius 3 is 0.750 bits per heavy atom. The van der Waals surface area contributed by atoms with Crippen LogP contribution in [0.3, 0.4) is 0 Å². The van der Waals surface area contributed by atoms with Crippen LogP contribution in [0, 0.1) is 6.42 Å². The van der Waals surface area contributed by atoms with Crippen LogP contribution in [0.4, 0.5) is 0 Å². The van der Waals surface area contributed by atoms with E-state index in [1.54, 1.807) is 0 Å². The Kier molecular flexibility index (Phi) is 27.0. The second kappa shape index (κ2) is 27.0. The molecule has 0 N–H and O–H groups in total. The van der Waals surface area contributed by atoms with Crippen molar-refractivity contribution in [3.05, 3.63) is 6.42 Å². The first-order valence-corrected chi connectivity index (χ1v) is 13.7.